The first-order chi connectivity index (χ1) is 16.4. The second kappa shape index (κ2) is 9.12. The number of aromatic nitrogens is 2. The summed E-state index contributed by atoms with van der Waals surface area (Å²) in [5.74, 6) is 0.698. The summed E-state index contributed by atoms with van der Waals surface area (Å²) < 4.78 is 1.88. The van der Waals surface area contributed by atoms with E-state index in [2.05, 4.69) is 6.92 Å². The Balaban J connectivity index is 1.41. The van der Waals surface area contributed by atoms with E-state index < -0.39 is 6.04 Å². The van der Waals surface area contributed by atoms with E-state index in [9.17, 15) is 9.59 Å². The lowest BCUT2D eigenvalue weighted by molar-refractivity contribution is -0.143. The van der Waals surface area contributed by atoms with Gasteiger partial charge in [-0.05, 0) is 25.0 Å². The lowest BCUT2D eigenvalue weighted by Crippen LogP contribution is -2.50. The standard InChI is InChI=1S/C26H27ClN4O2S/c1-26-13-12-23(32)31(26)22(17-34-26)25(33)29(2)14-20-16-30(15-19-10-6-7-11-21(19)27)28-24(20)18-8-4-3-5-9-18/h3-11,16,22H,12-15,17H2,1-2H3/t22-,26+/m0/s1. The van der Waals surface area contributed by atoms with E-state index >= 15 is 0 Å². The van der Waals surface area contributed by atoms with Crippen molar-refractivity contribution in [3.63, 3.8) is 0 Å². The third kappa shape index (κ3) is 4.23. The molecule has 2 aliphatic heterocycles. The van der Waals surface area contributed by atoms with Gasteiger partial charge in [0.25, 0.3) is 0 Å². The summed E-state index contributed by atoms with van der Waals surface area (Å²) in [5, 5.41) is 5.55. The van der Waals surface area contributed by atoms with Crippen molar-refractivity contribution in [3.05, 3.63) is 76.9 Å². The largest absolute Gasteiger partial charge is 0.339 e. The molecule has 0 N–H and O–H groups in total. The van der Waals surface area contributed by atoms with E-state index in [0.717, 1.165) is 28.8 Å². The normalized spacial score (nSPS) is 21.7. The molecule has 2 aliphatic rings. The number of carbonyl (C=O) groups is 2. The minimum atomic E-state index is -0.409. The van der Waals surface area contributed by atoms with Crippen LogP contribution in [-0.4, -0.2) is 55.1 Å². The van der Waals surface area contributed by atoms with E-state index in [1.54, 1.807) is 16.7 Å². The quantitative estimate of drug-likeness (QED) is 0.500. The summed E-state index contributed by atoms with van der Waals surface area (Å²) in [6.07, 6.45) is 3.31. The Morgan fingerprint density at radius 1 is 1.18 bits per heavy atom. The van der Waals surface area contributed by atoms with Crippen molar-refractivity contribution in [2.24, 2.45) is 0 Å². The first-order valence-corrected chi connectivity index (χ1v) is 12.8. The van der Waals surface area contributed by atoms with Crippen molar-refractivity contribution in [1.29, 1.82) is 0 Å². The Kier molecular flexibility index (Phi) is 6.16. The number of carbonyl (C=O) groups excluding carboxylic acids is 2. The molecule has 2 amide bonds. The van der Waals surface area contributed by atoms with Gasteiger partial charge in [0, 0.05) is 48.1 Å². The molecule has 0 saturated carbocycles. The Labute approximate surface area is 208 Å². The van der Waals surface area contributed by atoms with Crippen LogP contribution in [0, 0.1) is 0 Å². The Hall–Kier alpha value is -2.77. The van der Waals surface area contributed by atoms with Crippen LogP contribution in [0.1, 0.15) is 30.9 Å². The number of hydrogen-bond acceptors (Lipinski definition) is 4. The van der Waals surface area contributed by atoms with Crippen LogP contribution in [0.25, 0.3) is 11.3 Å². The van der Waals surface area contributed by atoms with Gasteiger partial charge in [0.2, 0.25) is 11.8 Å². The number of benzene rings is 2. The van der Waals surface area contributed by atoms with Crippen LogP contribution in [0.5, 0.6) is 0 Å². The summed E-state index contributed by atoms with van der Waals surface area (Å²) in [6, 6.07) is 17.3. The number of nitrogens with zero attached hydrogens (tertiary/aromatic N) is 4. The van der Waals surface area contributed by atoms with Gasteiger partial charge in [-0.15, -0.1) is 11.8 Å². The number of amides is 2. The molecule has 3 heterocycles. The van der Waals surface area contributed by atoms with Crippen molar-refractivity contribution >= 4 is 35.2 Å². The number of thioether (sulfide) groups is 1. The summed E-state index contributed by atoms with van der Waals surface area (Å²) in [7, 11) is 1.81. The SMILES string of the molecule is CN(Cc1cn(Cc2ccccc2Cl)nc1-c1ccccc1)C(=O)[C@@H]1CS[C@]2(C)CCC(=O)N12. The molecule has 1 aromatic heterocycles. The summed E-state index contributed by atoms with van der Waals surface area (Å²) in [6.45, 7) is 3.02. The van der Waals surface area contributed by atoms with E-state index in [1.807, 2.05) is 77.4 Å². The fraction of sp³-hybridized carbons (Fsp3) is 0.346. The number of hydrogen-bond donors (Lipinski definition) is 0. The predicted octanol–water partition coefficient (Wildman–Crippen LogP) is 4.66. The molecule has 6 nitrogen and oxygen atoms in total. The molecule has 8 heteroatoms. The maximum absolute atomic E-state index is 13.4. The van der Waals surface area contributed by atoms with Crippen molar-refractivity contribution in [1.82, 2.24) is 19.6 Å². The smallest absolute Gasteiger partial charge is 0.246 e. The molecule has 3 aromatic rings. The Bertz CT molecular complexity index is 1230. The third-order valence-corrected chi connectivity index (χ3v) is 8.56. The molecule has 2 atom stereocenters. The van der Waals surface area contributed by atoms with Crippen molar-refractivity contribution in [3.8, 4) is 11.3 Å². The zero-order chi connectivity index (χ0) is 23.9. The predicted molar refractivity (Wildman–Crippen MR) is 135 cm³/mol. The molecule has 2 aromatic carbocycles. The van der Waals surface area contributed by atoms with Crippen LogP contribution in [-0.2, 0) is 22.7 Å². The molecule has 0 bridgehead atoms. The molecular weight excluding hydrogens is 468 g/mol. The Morgan fingerprint density at radius 2 is 1.91 bits per heavy atom. The van der Waals surface area contributed by atoms with E-state index in [4.69, 9.17) is 16.7 Å². The lowest BCUT2D eigenvalue weighted by Gasteiger charge is -2.31. The summed E-state index contributed by atoms with van der Waals surface area (Å²) in [5.41, 5.74) is 3.78. The fourth-order valence-electron chi connectivity index (χ4n) is 4.89. The molecule has 0 radical (unpaired) electrons. The fourth-order valence-corrected chi connectivity index (χ4v) is 6.51. The minimum Gasteiger partial charge on any atom is -0.339 e. The molecule has 0 spiro atoms. The number of rotatable bonds is 6. The van der Waals surface area contributed by atoms with Gasteiger partial charge in [-0.25, -0.2) is 0 Å². The highest BCUT2D eigenvalue weighted by molar-refractivity contribution is 8.01. The van der Waals surface area contributed by atoms with Crippen LogP contribution >= 0.6 is 23.4 Å². The van der Waals surface area contributed by atoms with Crippen LogP contribution < -0.4 is 0 Å². The van der Waals surface area contributed by atoms with Gasteiger partial charge in [0.1, 0.15) is 6.04 Å². The van der Waals surface area contributed by atoms with Gasteiger partial charge in [-0.2, -0.15) is 5.10 Å². The maximum atomic E-state index is 13.4. The lowest BCUT2D eigenvalue weighted by atomic mass is 10.1. The van der Waals surface area contributed by atoms with Crippen LogP contribution in [0.15, 0.2) is 60.8 Å². The molecule has 34 heavy (non-hydrogen) atoms. The molecule has 176 valence electrons. The zero-order valence-electron chi connectivity index (χ0n) is 19.3. The highest BCUT2D eigenvalue weighted by Crippen LogP contribution is 2.47. The van der Waals surface area contributed by atoms with Gasteiger partial charge in [-0.1, -0.05) is 60.1 Å². The number of halogens is 1. The van der Waals surface area contributed by atoms with Gasteiger partial charge in [0.05, 0.1) is 17.1 Å². The van der Waals surface area contributed by atoms with Crippen LogP contribution in [0.3, 0.4) is 0 Å². The van der Waals surface area contributed by atoms with Crippen LogP contribution in [0.4, 0.5) is 0 Å². The highest BCUT2D eigenvalue weighted by atomic mass is 35.5. The Morgan fingerprint density at radius 3 is 2.68 bits per heavy atom. The third-order valence-electron chi connectivity index (χ3n) is 6.69. The highest BCUT2D eigenvalue weighted by Gasteiger charge is 2.53. The molecule has 5 rings (SSSR count). The van der Waals surface area contributed by atoms with E-state index in [1.165, 1.54) is 0 Å². The maximum Gasteiger partial charge on any atom is 0.246 e. The van der Waals surface area contributed by atoms with Gasteiger partial charge >= 0.3 is 0 Å². The van der Waals surface area contributed by atoms with Crippen molar-refractivity contribution in [2.75, 3.05) is 12.8 Å². The topological polar surface area (TPSA) is 58.4 Å². The average molecular weight is 495 g/mol. The first-order valence-electron chi connectivity index (χ1n) is 11.4. The van der Waals surface area contributed by atoms with Gasteiger partial charge in [-0.3, -0.25) is 14.3 Å². The second-order valence-electron chi connectivity index (χ2n) is 9.12. The second-order valence-corrected chi connectivity index (χ2v) is 11.0. The molecule has 2 saturated heterocycles. The number of fused-ring (bicyclic) bond motifs is 1. The van der Waals surface area contributed by atoms with E-state index in [0.29, 0.717) is 30.3 Å². The molecular formula is C26H27ClN4O2S. The zero-order valence-corrected chi connectivity index (χ0v) is 20.9. The van der Waals surface area contributed by atoms with Crippen LogP contribution in [0.2, 0.25) is 5.02 Å². The molecule has 0 unspecified atom stereocenters. The van der Waals surface area contributed by atoms with Gasteiger partial charge in [0.15, 0.2) is 0 Å². The molecule has 0 aliphatic carbocycles. The summed E-state index contributed by atoms with van der Waals surface area (Å²) >= 11 is 8.09. The average Bonchev–Trinajstić information content (AvgIpc) is 3.48. The molecule has 2 fully saturated rings. The van der Waals surface area contributed by atoms with E-state index in [-0.39, 0.29) is 16.7 Å². The summed E-state index contributed by atoms with van der Waals surface area (Å²) in [4.78, 5) is 29.2. The van der Waals surface area contributed by atoms with Crippen molar-refractivity contribution in [2.45, 2.75) is 43.8 Å². The monoisotopic (exact) mass is 494 g/mol. The number of likely N-dealkylation sites (N-methyl/N-ethyl adjacent to an activating group) is 1. The van der Waals surface area contributed by atoms with Gasteiger partial charge < -0.3 is 9.80 Å². The first kappa shape index (κ1) is 23.0. The van der Waals surface area contributed by atoms with Crippen molar-refractivity contribution < 1.29 is 9.59 Å². The minimum absolute atomic E-state index is 0.0238.